The molecule has 1 N–H and O–H groups in total. The van der Waals surface area contributed by atoms with E-state index < -0.39 is 6.09 Å². The van der Waals surface area contributed by atoms with Gasteiger partial charge in [-0.1, -0.05) is 17.3 Å². The van der Waals surface area contributed by atoms with Crippen molar-refractivity contribution in [2.45, 2.75) is 50.5 Å². The molecule has 5 aromatic rings. The number of nitrogens with zero attached hydrogens (tertiary/aromatic N) is 5. The zero-order valence-corrected chi connectivity index (χ0v) is 27.0. The lowest BCUT2D eigenvalue weighted by molar-refractivity contribution is -0.121. The van der Waals surface area contributed by atoms with Gasteiger partial charge in [0.25, 0.3) is 11.5 Å². The predicted molar refractivity (Wildman–Crippen MR) is 178 cm³/mol. The minimum Gasteiger partial charge on any atom is -0.497 e. The average Bonchev–Trinajstić information content (AvgIpc) is 3.75. The third-order valence-electron chi connectivity index (χ3n) is 9.59. The SMILES string of the molecule is COc1ccc(CN2C(=O)COc3ccc(N4C(=O)OC5CC(NCCn6c(=O)c7nocc7c7ccc(OC)cc76)CCC54)nc32)cc1. The second kappa shape index (κ2) is 12.4. The fraction of sp³-hybridized carbons (Fsp3) is 0.343. The van der Waals surface area contributed by atoms with Crippen molar-refractivity contribution in [3.8, 4) is 17.2 Å². The molecular formula is C35H34N6O8. The second-order valence-electron chi connectivity index (χ2n) is 12.3. The molecular weight excluding hydrogens is 632 g/mol. The fourth-order valence-electron chi connectivity index (χ4n) is 7.09. The summed E-state index contributed by atoms with van der Waals surface area (Å²) in [5.74, 6) is 2.39. The maximum absolute atomic E-state index is 13.4. The molecule has 2 aromatic carbocycles. The van der Waals surface area contributed by atoms with E-state index in [2.05, 4.69) is 10.5 Å². The molecule has 0 bridgehead atoms. The first kappa shape index (κ1) is 30.7. The maximum atomic E-state index is 13.4. The van der Waals surface area contributed by atoms with E-state index in [0.29, 0.717) is 61.0 Å². The number of rotatable bonds is 9. The average molecular weight is 667 g/mol. The van der Waals surface area contributed by atoms with Gasteiger partial charge < -0.3 is 33.4 Å². The third-order valence-corrected chi connectivity index (χ3v) is 9.59. The molecule has 14 heteroatoms. The predicted octanol–water partition coefficient (Wildman–Crippen LogP) is 4.02. The molecule has 49 heavy (non-hydrogen) atoms. The van der Waals surface area contributed by atoms with Gasteiger partial charge in [-0.05, 0) is 54.8 Å². The molecule has 1 saturated heterocycles. The Balaban J connectivity index is 0.960. The van der Waals surface area contributed by atoms with E-state index >= 15 is 0 Å². The molecule has 0 spiro atoms. The Hall–Kier alpha value is -5.63. The van der Waals surface area contributed by atoms with Crippen LogP contribution in [0.15, 0.2) is 70.2 Å². The lowest BCUT2D eigenvalue weighted by Gasteiger charge is -2.34. The van der Waals surface area contributed by atoms with Crippen molar-refractivity contribution in [2.24, 2.45) is 0 Å². The maximum Gasteiger partial charge on any atom is 0.416 e. The zero-order chi connectivity index (χ0) is 33.6. The number of pyridine rings is 2. The number of hydrogen-bond acceptors (Lipinski definition) is 11. The number of hydrogen-bond donors (Lipinski definition) is 1. The summed E-state index contributed by atoms with van der Waals surface area (Å²) in [5.41, 5.74) is 1.68. The lowest BCUT2D eigenvalue weighted by atomic mass is 9.88. The minimum atomic E-state index is -0.472. The molecule has 2 fully saturated rings. The number of methoxy groups -OCH3 is 2. The van der Waals surface area contributed by atoms with Crippen molar-refractivity contribution in [1.29, 1.82) is 0 Å². The number of nitrogens with one attached hydrogen (secondary N) is 1. The van der Waals surface area contributed by atoms with Crippen molar-refractivity contribution >= 4 is 45.4 Å². The normalized spacial score (nSPS) is 20.2. The monoisotopic (exact) mass is 666 g/mol. The van der Waals surface area contributed by atoms with Crippen LogP contribution in [0, 0.1) is 0 Å². The van der Waals surface area contributed by atoms with Crippen molar-refractivity contribution < 1.29 is 33.1 Å². The summed E-state index contributed by atoms with van der Waals surface area (Å²) in [5, 5.41) is 9.03. The van der Waals surface area contributed by atoms with Gasteiger partial charge in [-0.2, -0.15) is 0 Å². The molecule has 3 aromatic heterocycles. The standard InChI is InChI=1S/C35H34N6O8/c1-45-22-6-3-20(4-7-22)17-40-31(42)19-47-28-11-12-30(37-33(28)40)41-26-10-5-21(15-29(26)49-35(41)44)36-13-14-39-27-16-23(46-2)8-9-24(27)25-18-48-38-32(25)34(39)43/h3-4,6-9,11-12,16,18,21,26,29,36H,5,10,13-15,17,19H2,1-2H3. The van der Waals surface area contributed by atoms with Crippen LogP contribution in [-0.2, 0) is 22.6 Å². The summed E-state index contributed by atoms with van der Waals surface area (Å²) in [4.78, 5) is 47.5. The first-order valence-corrected chi connectivity index (χ1v) is 16.2. The number of amides is 2. The Kier molecular flexibility index (Phi) is 7.79. The highest BCUT2D eigenvalue weighted by atomic mass is 16.6. The second-order valence-corrected chi connectivity index (χ2v) is 12.3. The molecule has 5 heterocycles. The van der Waals surface area contributed by atoms with Crippen molar-refractivity contribution in [3.63, 3.8) is 0 Å². The van der Waals surface area contributed by atoms with Crippen LogP contribution in [0.2, 0.25) is 0 Å². The van der Waals surface area contributed by atoms with E-state index in [1.807, 2.05) is 42.5 Å². The Labute approximate surface area is 280 Å². The number of carbonyl (C=O) groups is 2. The molecule has 8 rings (SSSR count). The molecule has 2 amide bonds. The van der Waals surface area contributed by atoms with Gasteiger partial charge >= 0.3 is 6.09 Å². The summed E-state index contributed by atoms with van der Waals surface area (Å²) >= 11 is 0. The number of fused-ring (bicyclic) bond motifs is 5. The van der Waals surface area contributed by atoms with Gasteiger partial charge in [0.15, 0.2) is 23.7 Å². The van der Waals surface area contributed by atoms with Gasteiger partial charge in [0.1, 0.15) is 29.7 Å². The van der Waals surface area contributed by atoms with Gasteiger partial charge in [0.05, 0.1) is 37.7 Å². The quantitative estimate of drug-likeness (QED) is 0.243. The Morgan fingerprint density at radius 1 is 0.959 bits per heavy atom. The van der Waals surface area contributed by atoms with E-state index in [1.54, 1.807) is 40.7 Å². The van der Waals surface area contributed by atoms with Crippen LogP contribution in [0.1, 0.15) is 24.8 Å². The summed E-state index contributed by atoms with van der Waals surface area (Å²) in [6, 6.07) is 16.4. The molecule has 3 atom stereocenters. The van der Waals surface area contributed by atoms with Gasteiger partial charge in [-0.25, -0.2) is 9.78 Å². The lowest BCUT2D eigenvalue weighted by Crippen LogP contribution is -2.47. The van der Waals surface area contributed by atoms with E-state index in [1.165, 1.54) is 6.26 Å². The summed E-state index contributed by atoms with van der Waals surface area (Å²) < 4.78 is 29.1. The highest BCUT2D eigenvalue weighted by molar-refractivity contribution is 6.04. The molecule has 14 nitrogen and oxygen atoms in total. The summed E-state index contributed by atoms with van der Waals surface area (Å²) in [6.07, 6.45) is 2.75. The van der Waals surface area contributed by atoms with Crippen LogP contribution >= 0.6 is 0 Å². The van der Waals surface area contributed by atoms with Gasteiger partial charge in [-0.15, -0.1) is 0 Å². The van der Waals surface area contributed by atoms with Crippen LogP contribution < -0.4 is 34.9 Å². The first-order valence-electron chi connectivity index (χ1n) is 16.2. The summed E-state index contributed by atoms with van der Waals surface area (Å²) in [6.45, 7) is 1.11. The van der Waals surface area contributed by atoms with E-state index in [4.69, 9.17) is 28.5 Å². The molecule has 252 valence electrons. The van der Waals surface area contributed by atoms with Crippen molar-refractivity contribution in [1.82, 2.24) is 20.0 Å². The number of benzene rings is 2. The highest BCUT2D eigenvalue weighted by Crippen LogP contribution is 2.39. The number of anilines is 2. The molecule has 1 saturated carbocycles. The minimum absolute atomic E-state index is 0.0729. The Bertz CT molecular complexity index is 2130. The van der Waals surface area contributed by atoms with Crippen LogP contribution in [0.4, 0.5) is 16.4 Å². The van der Waals surface area contributed by atoms with Gasteiger partial charge in [0.2, 0.25) is 0 Å². The number of aromatic nitrogens is 3. The van der Waals surface area contributed by atoms with Gasteiger partial charge in [0, 0.05) is 37.0 Å². The molecule has 2 aliphatic heterocycles. The number of ether oxygens (including phenoxy) is 4. The van der Waals surface area contributed by atoms with Crippen LogP contribution in [0.25, 0.3) is 21.8 Å². The molecule has 1 aliphatic carbocycles. The van der Waals surface area contributed by atoms with Crippen molar-refractivity contribution in [3.05, 3.63) is 76.8 Å². The van der Waals surface area contributed by atoms with E-state index in [9.17, 15) is 14.4 Å². The van der Waals surface area contributed by atoms with Crippen molar-refractivity contribution in [2.75, 3.05) is 37.2 Å². The molecule has 3 unspecified atom stereocenters. The topological polar surface area (TPSA) is 150 Å². The van der Waals surface area contributed by atoms with Crippen LogP contribution in [0.3, 0.4) is 0 Å². The molecule has 3 aliphatic rings. The smallest absolute Gasteiger partial charge is 0.416 e. The first-order chi connectivity index (χ1) is 23.9. The third kappa shape index (κ3) is 5.47. The van der Waals surface area contributed by atoms with E-state index in [-0.39, 0.29) is 41.8 Å². The Morgan fingerprint density at radius 2 is 1.78 bits per heavy atom. The van der Waals surface area contributed by atoms with E-state index in [0.717, 1.165) is 28.6 Å². The number of carbonyl (C=O) groups excluding carboxylic acids is 2. The van der Waals surface area contributed by atoms with Gasteiger partial charge in [-0.3, -0.25) is 19.4 Å². The van der Waals surface area contributed by atoms with Crippen LogP contribution in [-0.4, -0.2) is 72.3 Å². The highest BCUT2D eigenvalue weighted by Gasteiger charge is 2.47. The summed E-state index contributed by atoms with van der Waals surface area (Å²) in [7, 11) is 3.19. The zero-order valence-electron chi connectivity index (χ0n) is 27.0. The van der Waals surface area contributed by atoms with Crippen LogP contribution in [0.5, 0.6) is 17.2 Å². The molecule has 0 radical (unpaired) electrons. The Morgan fingerprint density at radius 3 is 2.59 bits per heavy atom. The largest absolute Gasteiger partial charge is 0.497 e. The fourth-order valence-corrected chi connectivity index (χ4v) is 7.09.